The number of benzene rings is 2. The van der Waals surface area contributed by atoms with Gasteiger partial charge in [-0.25, -0.2) is 0 Å². The van der Waals surface area contributed by atoms with Crippen LogP contribution in [0.25, 0.3) is 6.08 Å². The van der Waals surface area contributed by atoms with Crippen molar-refractivity contribution < 1.29 is 19.1 Å². The Hall–Kier alpha value is -2.77. The molecule has 8 heteroatoms. The van der Waals surface area contributed by atoms with Crippen molar-refractivity contribution in [2.75, 3.05) is 6.61 Å². The van der Waals surface area contributed by atoms with Gasteiger partial charge in [0.05, 0.1) is 11.5 Å². The van der Waals surface area contributed by atoms with Crippen LogP contribution in [0.5, 0.6) is 11.5 Å². The van der Waals surface area contributed by atoms with E-state index in [1.54, 1.807) is 18.2 Å². The number of carbonyl (C=O) groups is 2. The molecule has 3 rings (SSSR count). The van der Waals surface area contributed by atoms with Crippen LogP contribution < -0.4 is 14.8 Å². The topological polar surface area (TPSA) is 77.0 Å². The number of rotatable bonds is 6. The fraction of sp³-hybridized carbons (Fsp3) is 0.190. The molecule has 0 aromatic heterocycles. The number of amides is 2. The van der Waals surface area contributed by atoms with Crippen LogP contribution in [0, 0.1) is 0 Å². The Bertz CT molecular complexity index is 1000. The first-order valence-electron chi connectivity index (χ1n) is 8.89. The Morgan fingerprint density at radius 3 is 2.76 bits per heavy atom. The van der Waals surface area contributed by atoms with Gasteiger partial charge >= 0.3 is 0 Å². The largest absolute Gasteiger partial charge is 0.490 e. The Morgan fingerprint density at radius 2 is 2.03 bits per heavy atom. The number of thioether (sulfide) groups is 1. The maximum Gasteiger partial charge on any atom is 0.286 e. The molecule has 1 N–H and O–H groups in total. The van der Waals surface area contributed by atoms with Crippen molar-refractivity contribution in [3.63, 3.8) is 0 Å². The summed E-state index contributed by atoms with van der Waals surface area (Å²) in [6.45, 7) is 4.07. The van der Waals surface area contributed by atoms with Crippen molar-refractivity contribution in [1.29, 1.82) is 0 Å². The Kier molecular flexibility index (Phi) is 6.95. The molecule has 0 spiro atoms. The van der Waals surface area contributed by atoms with Crippen LogP contribution in [0.3, 0.4) is 0 Å². The predicted octanol–water partition coefficient (Wildman–Crippen LogP) is 4.42. The van der Waals surface area contributed by atoms with E-state index in [9.17, 15) is 9.59 Å². The summed E-state index contributed by atoms with van der Waals surface area (Å²) in [7, 11) is 0. The second-order valence-electron chi connectivity index (χ2n) is 6.07. The summed E-state index contributed by atoms with van der Waals surface area (Å²) in [6.07, 6.45) is 1.70. The first kappa shape index (κ1) is 21.0. The second kappa shape index (κ2) is 9.62. The molecule has 2 aromatic carbocycles. The molecule has 0 atom stereocenters. The quantitative estimate of drug-likeness (QED) is 0.686. The molecule has 1 aliphatic heterocycles. The molecule has 150 valence electrons. The number of hydrogen-bond acceptors (Lipinski definition) is 5. The minimum absolute atomic E-state index is 0.273. The maximum absolute atomic E-state index is 12.0. The van der Waals surface area contributed by atoms with Gasteiger partial charge in [0.25, 0.3) is 5.91 Å². The van der Waals surface area contributed by atoms with Gasteiger partial charge in [0.15, 0.2) is 16.7 Å². The third kappa shape index (κ3) is 5.85. The fourth-order valence-corrected chi connectivity index (χ4v) is 3.63. The highest BCUT2D eigenvalue weighted by Gasteiger charge is 2.22. The van der Waals surface area contributed by atoms with E-state index < -0.39 is 5.91 Å². The van der Waals surface area contributed by atoms with Crippen LogP contribution >= 0.6 is 23.4 Å². The number of aliphatic imine (C=N–C) groups is 1. The summed E-state index contributed by atoms with van der Waals surface area (Å²) in [4.78, 5) is 27.4. The van der Waals surface area contributed by atoms with Gasteiger partial charge in [0.1, 0.15) is 6.61 Å². The summed E-state index contributed by atoms with van der Waals surface area (Å²) in [5.74, 6) is 0.500. The van der Waals surface area contributed by atoms with Crippen LogP contribution in [-0.4, -0.2) is 23.6 Å². The van der Waals surface area contributed by atoms with E-state index >= 15 is 0 Å². The first-order chi connectivity index (χ1) is 13.9. The zero-order valence-electron chi connectivity index (χ0n) is 15.9. The molecule has 0 unspecified atom stereocenters. The third-order valence-electron chi connectivity index (χ3n) is 3.75. The Labute approximate surface area is 177 Å². The third-order valence-corrected chi connectivity index (χ3v) is 4.89. The molecular weight excluding hydrogens is 412 g/mol. The van der Waals surface area contributed by atoms with Crippen LogP contribution in [0.2, 0.25) is 5.02 Å². The highest BCUT2D eigenvalue weighted by molar-refractivity contribution is 8.18. The van der Waals surface area contributed by atoms with E-state index in [4.69, 9.17) is 21.1 Å². The smallest absolute Gasteiger partial charge is 0.286 e. The van der Waals surface area contributed by atoms with Gasteiger partial charge in [-0.1, -0.05) is 29.8 Å². The van der Waals surface area contributed by atoms with Gasteiger partial charge in [0, 0.05) is 11.9 Å². The van der Waals surface area contributed by atoms with E-state index in [1.807, 2.05) is 37.3 Å². The fourth-order valence-electron chi connectivity index (χ4n) is 2.55. The molecule has 2 aromatic rings. The number of halogens is 1. The van der Waals surface area contributed by atoms with Crippen LogP contribution in [0.4, 0.5) is 0 Å². The van der Waals surface area contributed by atoms with Crippen molar-refractivity contribution >= 4 is 46.4 Å². The average Bonchev–Trinajstić information content (AvgIpc) is 2.99. The molecule has 29 heavy (non-hydrogen) atoms. The van der Waals surface area contributed by atoms with E-state index in [0.717, 1.165) is 22.9 Å². The maximum atomic E-state index is 12.0. The molecule has 0 saturated carbocycles. The molecular formula is C21H19ClN2O4S. The van der Waals surface area contributed by atoms with E-state index in [1.165, 1.54) is 6.92 Å². The number of nitrogens with zero attached hydrogens (tertiary/aromatic N) is 1. The minimum Gasteiger partial charge on any atom is -0.490 e. The summed E-state index contributed by atoms with van der Waals surface area (Å²) in [5, 5.41) is 3.45. The van der Waals surface area contributed by atoms with Crippen molar-refractivity contribution in [2.45, 2.75) is 20.5 Å². The normalized spacial score (nSPS) is 14.7. The van der Waals surface area contributed by atoms with Crippen molar-refractivity contribution in [3.8, 4) is 11.5 Å². The van der Waals surface area contributed by atoms with E-state index in [2.05, 4.69) is 10.3 Å². The lowest BCUT2D eigenvalue weighted by Gasteiger charge is -2.13. The highest BCUT2D eigenvalue weighted by atomic mass is 35.5. The molecule has 1 aliphatic rings. The minimum atomic E-state index is -0.391. The molecule has 6 nitrogen and oxygen atoms in total. The number of amidine groups is 1. The number of hydrogen-bond donors (Lipinski definition) is 1. The van der Waals surface area contributed by atoms with E-state index in [0.29, 0.717) is 34.6 Å². The standard InChI is InChI=1S/C21H19ClN2O4S/c1-3-27-18-10-14(11-19-20(26)24-21(29-19)23-13(2)25)7-8-17(18)28-12-15-5-4-6-16(22)9-15/h4-11H,3,12H2,1-2H3,(H,23,24,25,26)/b19-11-. The molecule has 0 aliphatic carbocycles. The summed E-state index contributed by atoms with van der Waals surface area (Å²) in [5.41, 5.74) is 1.71. The molecule has 2 amide bonds. The molecule has 0 radical (unpaired) electrons. The van der Waals surface area contributed by atoms with Gasteiger partial charge in [-0.05, 0) is 60.2 Å². The lowest BCUT2D eigenvalue weighted by Crippen LogP contribution is -2.23. The molecule has 0 fully saturated rings. The number of carbonyl (C=O) groups excluding carboxylic acids is 2. The lowest BCUT2D eigenvalue weighted by atomic mass is 10.2. The highest BCUT2D eigenvalue weighted by Crippen LogP contribution is 2.33. The number of ether oxygens (including phenoxy) is 2. The van der Waals surface area contributed by atoms with Crippen molar-refractivity contribution in [1.82, 2.24) is 5.32 Å². The van der Waals surface area contributed by atoms with Gasteiger partial charge in [0.2, 0.25) is 5.91 Å². The van der Waals surface area contributed by atoms with Crippen molar-refractivity contribution in [2.24, 2.45) is 4.99 Å². The van der Waals surface area contributed by atoms with Crippen LogP contribution in [-0.2, 0) is 16.2 Å². The van der Waals surface area contributed by atoms with Crippen molar-refractivity contribution in [3.05, 3.63) is 63.5 Å². The van der Waals surface area contributed by atoms with Crippen LogP contribution in [0.15, 0.2) is 52.4 Å². The lowest BCUT2D eigenvalue weighted by molar-refractivity contribution is -0.117. The first-order valence-corrected chi connectivity index (χ1v) is 10.1. The molecule has 1 heterocycles. The average molecular weight is 431 g/mol. The zero-order chi connectivity index (χ0) is 20.8. The predicted molar refractivity (Wildman–Crippen MR) is 115 cm³/mol. The van der Waals surface area contributed by atoms with Crippen LogP contribution in [0.1, 0.15) is 25.0 Å². The Balaban J connectivity index is 1.75. The van der Waals surface area contributed by atoms with Gasteiger partial charge in [-0.15, -0.1) is 0 Å². The SMILES string of the molecule is CCOc1cc(/C=C2\SC(NC(C)=O)=NC2=O)ccc1OCc1cccc(Cl)c1. The molecule has 0 bridgehead atoms. The monoisotopic (exact) mass is 430 g/mol. The zero-order valence-corrected chi connectivity index (χ0v) is 17.5. The summed E-state index contributed by atoms with van der Waals surface area (Å²) >= 11 is 7.13. The summed E-state index contributed by atoms with van der Waals surface area (Å²) < 4.78 is 11.6. The van der Waals surface area contributed by atoms with Gasteiger partial charge < -0.3 is 14.8 Å². The second-order valence-corrected chi connectivity index (χ2v) is 7.54. The van der Waals surface area contributed by atoms with Gasteiger partial charge in [-0.3, -0.25) is 9.59 Å². The Morgan fingerprint density at radius 1 is 1.21 bits per heavy atom. The number of nitrogens with one attached hydrogen (secondary N) is 1. The molecule has 0 saturated heterocycles. The van der Waals surface area contributed by atoms with Gasteiger partial charge in [-0.2, -0.15) is 4.99 Å². The van der Waals surface area contributed by atoms with E-state index in [-0.39, 0.29) is 11.1 Å². The summed E-state index contributed by atoms with van der Waals surface area (Å²) in [6, 6.07) is 12.9.